The molecule has 0 saturated heterocycles. The molecule has 2 heterocycles. The van der Waals surface area contributed by atoms with Crippen LogP contribution in [0, 0.1) is 11.7 Å². The molecule has 5 N–H and O–H groups in total. The van der Waals surface area contributed by atoms with E-state index in [4.69, 9.17) is 11.5 Å². The maximum atomic E-state index is 14.4. The fourth-order valence-corrected chi connectivity index (χ4v) is 4.75. The van der Waals surface area contributed by atoms with Gasteiger partial charge in [0.2, 0.25) is 5.91 Å². The summed E-state index contributed by atoms with van der Waals surface area (Å²) in [6.45, 7) is 4.44. The quantitative estimate of drug-likeness (QED) is 0.295. The molecular weight excluding hydrogens is 507 g/mol. The molecule has 0 aliphatic carbocycles. The summed E-state index contributed by atoms with van der Waals surface area (Å²) in [4.78, 5) is 44.9. The zero-order chi connectivity index (χ0) is 27.4. The highest BCUT2D eigenvalue weighted by Crippen LogP contribution is 2.34. The van der Waals surface area contributed by atoms with Gasteiger partial charge in [-0.15, -0.1) is 0 Å². The number of halogens is 1. The van der Waals surface area contributed by atoms with E-state index in [9.17, 15) is 18.8 Å². The van der Waals surface area contributed by atoms with Crippen molar-refractivity contribution in [1.29, 1.82) is 0 Å². The maximum Gasteiger partial charge on any atom is 0.273 e. The molecule has 1 atom stereocenters. The number of nitrogens with one attached hydrogen (secondary N) is 1. The molecule has 0 radical (unpaired) electrons. The summed E-state index contributed by atoms with van der Waals surface area (Å²) in [6, 6.07) is 13.0. The number of anilines is 2. The van der Waals surface area contributed by atoms with Crippen LogP contribution in [0.4, 0.5) is 15.8 Å². The van der Waals surface area contributed by atoms with E-state index in [1.165, 1.54) is 23.1 Å². The van der Waals surface area contributed by atoms with Crippen LogP contribution in [0.5, 0.6) is 0 Å². The molecule has 3 amide bonds. The lowest BCUT2D eigenvalue weighted by Gasteiger charge is -2.31. The zero-order valence-electron chi connectivity index (χ0n) is 20.8. The van der Waals surface area contributed by atoms with E-state index < -0.39 is 29.6 Å². The number of nitrogen functional groups attached to an aromatic ring is 1. The molecule has 0 saturated carbocycles. The topological polar surface area (TPSA) is 144 Å². The van der Waals surface area contributed by atoms with Gasteiger partial charge in [0.15, 0.2) is 5.69 Å². The SMILES string of the molecule is CC(C)CCNC(=O)[C@H](c1ccc2ncccc2c1)N(C(=O)c1snc(C(N)=O)c1N)c1cccc(F)c1. The zero-order valence-corrected chi connectivity index (χ0v) is 21.7. The monoisotopic (exact) mass is 534 g/mol. The first-order valence-electron chi connectivity index (χ1n) is 11.9. The number of hydrogen-bond acceptors (Lipinski definition) is 7. The van der Waals surface area contributed by atoms with Crippen LogP contribution in [0.3, 0.4) is 0 Å². The molecule has 0 unspecified atom stereocenters. The van der Waals surface area contributed by atoms with Crippen molar-refractivity contribution < 1.29 is 18.8 Å². The minimum absolute atomic E-state index is 0.0921. The second-order valence-corrected chi connectivity index (χ2v) is 9.90. The van der Waals surface area contributed by atoms with Crippen molar-refractivity contribution in [3.05, 3.63) is 82.7 Å². The Morgan fingerprint density at radius 3 is 2.58 bits per heavy atom. The number of nitrogens with two attached hydrogens (primary N) is 2. The van der Waals surface area contributed by atoms with Crippen molar-refractivity contribution in [2.24, 2.45) is 11.7 Å². The van der Waals surface area contributed by atoms with Crippen molar-refractivity contribution in [2.45, 2.75) is 26.3 Å². The van der Waals surface area contributed by atoms with Crippen LogP contribution >= 0.6 is 11.5 Å². The molecule has 0 spiro atoms. The summed E-state index contributed by atoms with van der Waals surface area (Å²) in [7, 11) is 0. The summed E-state index contributed by atoms with van der Waals surface area (Å²) in [5, 5.41) is 3.66. The first-order chi connectivity index (χ1) is 18.2. The fraction of sp³-hybridized carbons (Fsp3) is 0.222. The van der Waals surface area contributed by atoms with Gasteiger partial charge in [-0.25, -0.2) is 4.39 Å². The van der Waals surface area contributed by atoms with Gasteiger partial charge >= 0.3 is 0 Å². The number of pyridine rings is 1. The average molecular weight is 535 g/mol. The Kier molecular flexibility index (Phi) is 7.96. The maximum absolute atomic E-state index is 14.4. The smallest absolute Gasteiger partial charge is 0.273 e. The van der Waals surface area contributed by atoms with Gasteiger partial charge in [0, 0.05) is 23.8 Å². The summed E-state index contributed by atoms with van der Waals surface area (Å²) in [6.07, 6.45) is 2.38. The Balaban J connectivity index is 1.89. The number of carbonyl (C=O) groups excluding carboxylic acids is 3. The van der Waals surface area contributed by atoms with Crippen LogP contribution < -0.4 is 21.7 Å². The van der Waals surface area contributed by atoms with E-state index in [2.05, 4.69) is 14.7 Å². The Morgan fingerprint density at radius 2 is 1.89 bits per heavy atom. The van der Waals surface area contributed by atoms with Crippen LogP contribution in [0.15, 0.2) is 60.8 Å². The van der Waals surface area contributed by atoms with E-state index in [0.717, 1.165) is 17.9 Å². The van der Waals surface area contributed by atoms with Crippen molar-refractivity contribution in [3.63, 3.8) is 0 Å². The molecule has 0 aliphatic heterocycles. The number of primary amides is 1. The van der Waals surface area contributed by atoms with Gasteiger partial charge in [-0.2, -0.15) is 4.37 Å². The second kappa shape index (κ2) is 11.3. The largest absolute Gasteiger partial charge is 0.395 e. The molecule has 11 heteroatoms. The van der Waals surface area contributed by atoms with Gasteiger partial charge < -0.3 is 16.8 Å². The fourth-order valence-electron chi connectivity index (χ4n) is 4.01. The Labute approximate surface area is 222 Å². The number of carbonyl (C=O) groups is 3. The predicted octanol–water partition coefficient (Wildman–Crippen LogP) is 4.06. The van der Waals surface area contributed by atoms with Gasteiger partial charge in [-0.05, 0) is 65.8 Å². The highest BCUT2D eigenvalue weighted by atomic mass is 32.1. The minimum Gasteiger partial charge on any atom is -0.395 e. The lowest BCUT2D eigenvalue weighted by molar-refractivity contribution is -0.122. The van der Waals surface area contributed by atoms with Crippen LogP contribution in [0.2, 0.25) is 0 Å². The number of hydrogen-bond donors (Lipinski definition) is 3. The standard InChI is InChI=1S/C27H27FN6O3S/c1-15(2)10-12-32-26(36)23(17-8-9-20-16(13-17)5-4-11-31-20)34(19-7-3-6-18(28)14-19)27(37)24-21(29)22(25(30)35)33-38-24/h3-9,11,13-15,23H,10,12,29H2,1-2H3,(H2,30,35)(H,32,36)/t23-/m0/s1. The normalized spacial score (nSPS) is 11.9. The third kappa shape index (κ3) is 5.62. The number of benzene rings is 2. The average Bonchev–Trinajstić information content (AvgIpc) is 3.27. The Hall–Kier alpha value is -4.38. The predicted molar refractivity (Wildman–Crippen MR) is 145 cm³/mol. The van der Waals surface area contributed by atoms with E-state index in [-0.39, 0.29) is 21.9 Å². The highest BCUT2D eigenvalue weighted by molar-refractivity contribution is 7.09. The summed E-state index contributed by atoms with van der Waals surface area (Å²) in [5.74, 6) is -2.35. The van der Waals surface area contributed by atoms with Gasteiger partial charge in [-0.1, -0.05) is 32.0 Å². The summed E-state index contributed by atoms with van der Waals surface area (Å²) in [5.41, 5.74) is 12.3. The van der Waals surface area contributed by atoms with Crippen molar-refractivity contribution >= 4 is 51.5 Å². The van der Waals surface area contributed by atoms with Crippen molar-refractivity contribution in [3.8, 4) is 0 Å². The molecule has 0 fully saturated rings. The lowest BCUT2D eigenvalue weighted by Crippen LogP contribution is -2.44. The number of amides is 3. The van der Waals surface area contributed by atoms with E-state index in [1.807, 2.05) is 19.9 Å². The Bertz CT molecular complexity index is 1510. The van der Waals surface area contributed by atoms with Crippen molar-refractivity contribution in [1.82, 2.24) is 14.7 Å². The Morgan fingerprint density at radius 1 is 1.11 bits per heavy atom. The van der Waals surface area contributed by atoms with Gasteiger partial charge in [0.05, 0.1) is 11.2 Å². The van der Waals surface area contributed by atoms with Gasteiger partial charge in [0.25, 0.3) is 11.8 Å². The van der Waals surface area contributed by atoms with Crippen molar-refractivity contribution in [2.75, 3.05) is 17.2 Å². The molecule has 0 aliphatic rings. The van der Waals surface area contributed by atoms with Gasteiger partial charge in [-0.3, -0.25) is 24.3 Å². The van der Waals surface area contributed by atoms with E-state index in [0.29, 0.717) is 35.1 Å². The highest BCUT2D eigenvalue weighted by Gasteiger charge is 2.36. The second-order valence-electron chi connectivity index (χ2n) is 9.12. The summed E-state index contributed by atoms with van der Waals surface area (Å²) < 4.78 is 18.3. The lowest BCUT2D eigenvalue weighted by atomic mass is 10.00. The molecule has 0 bridgehead atoms. The molecule has 4 aromatic rings. The first-order valence-corrected chi connectivity index (χ1v) is 12.7. The molecule has 2 aromatic carbocycles. The van der Waals surface area contributed by atoms with E-state index >= 15 is 0 Å². The molecule has 2 aromatic heterocycles. The van der Waals surface area contributed by atoms with E-state index in [1.54, 1.807) is 30.5 Å². The van der Waals surface area contributed by atoms with Crippen LogP contribution in [-0.4, -0.2) is 33.6 Å². The minimum atomic E-state index is -1.21. The number of aromatic nitrogens is 2. The molecule has 9 nitrogen and oxygen atoms in total. The molecular formula is C27H27FN6O3S. The summed E-state index contributed by atoms with van der Waals surface area (Å²) >= 11 is 0.686. The van der Waals surface area contributed by atoms with Crippen LogP contribution in [0.1, 0.15) is 52.0 Å². The molecule has 196 valence electrons. The number of rotatable bonds is 9. The first kappa shape index (κ1) is 26.7. The third-order valence-electron chi connectivity index (χ3n) is 5.93. The molecule has 38 heavy (non-hydrogen) atoms. The van der Waals surface area contributed by atoms with Gasteiger partial charge in [0.1, 0.15) is 16.7 Å². The molecule has 4 rings (SSSR count). The number of nitrogens with zero attached hydrogens (tertiary/aromatic N) is 3. The van der Waals surface area contributed by atoms with Crippen LogP contribution in [-0.2, 0) is 4.79 Å². The number of fused-ring (bicyclic) bond motifs is 1. The third-order valence-corrected chi connectivity index (χ3v) is 6.78. The van der Waals surface area contributed by atoms with Crippen LogP contribution in [0.25, 0.3) is 10.9 Å².